The number of ether oxygens (including phenoxy) is 1. The zero-order valence-corrected chi connectivity index (χ0v) is 13.7. The minimum absolute atomic E-state index is 0.130. The number of methoxy groups -OCH3 is 1. The Morgan fingerprint density at radius 2 is 2.04 bits per heavy atom. The van der Waals surface area contributed by atoms with Gasteiger partial charge in [0.1, 0.15) is 5.75 Å². The molecule has 130 valence electrons. The number of unbranched alkanes of at least 4 members (excludes halogenated alkanes) is 1. The molecule has 23 heavy (non-hydrogen) atoms. The molecule has 0 radical (unpaired) electrons. The van der Waals surface area contributed by atoms with Gasteiger partial charge >= 0.3 is 6.18 Å². The molecule has 1 heterocycles. The number of halogens is 3. The lowest BCUT2D eigenvalue weighted by molar-refractivity contribution is -0.137. The van der Waals surface area contributed by atoms with Gasteiger partial charge in [-0.3, -0.25) is 0 Å². The number of alkyl halides is 3. The maximum Gasteiger partial charge on any atom is 0.416 e. The van der Waals surface area contributed by atoms with Crippen LogP contribution in [0.4, 0.5) is 18.9 Å². The Kier molecular flexibility index (Phi) is 5.79. The largest absolute Gasteiger partial charge is 0.497 e. The van der Waals surface area contributed by atoms with Crippen LogP contribution in [0.5, 0.6) is 5.75 Å². The number of hydrogen-bond acceptors (Lipinski definition) is 3. The molecular weight excluding hydrogens is 305 g/mol. The number of piperidine rings is 1. The predicted molar refractivity (Wildman–Crippen MR) is 85.8 cm³/mol. The fraction of sp³-hybridized carbons (Fsp3) is 0.647. The van der Waals surface area contributed by atoms with Crippen LogP contribution in [-0.4, -0.2) is 26.2 Å². The van der Waals surface area contributed by atoms with E-state index in [0.717, 1.165) is 31.7 Å². The van der Waals surface area contributed by atoms with E-state index in [-0.39, 0.29) is 11.8 Å². The quantitative estimate of drug-likeness (QED) is 0.885. The number of hydrogen-bond donors (Lipinski definition) is 1. The van der Waals surface area contributed by atoms with Gasteiger partial charge in [-0.15, -0.1) is 0 Å². The van der Waals surface area contributed by atoms with Gasteiger partial charge in [0.05, 0.1) is 12.7 Å². The average molecular weight is 330 g/mol. The van der Waals surface area contributed by atoms with E-state index in [1.807, 2.05) is 4.90 Å². The first-order valence-electron chi connectivity index (χ1n) is 8.12. The minimum atomic E-state index is -4.38. The van der Waals surface area contributed by atoms with Crippen molar-refractivity contribution in [1.29, 1.82) is 0 Å². The minimum Gasteiger partial charge on any atom is -0.497 e. The van der Waals surface area contributed by atoms with Crippen molar-refractivity contribution in [2.75, 3.05) is 25.1 Å². The molecule has 6 heteroatoms. The highest BCUT2D eigenvalue weighted by atomic mass is 19.4. The van der Waals surface area contributed by atoms with Crippen LogP contribution < -0.4 is 15.4 Å². The highest BCUT2D eigenvalue weighted by molar-refractivity contribution is 5.54. The highest BCUT2D eigenvalue weighted by Crippen LogP contribution is 2.36. The summed E-state index contributed by atoms with van der Waals surface area (Å²) in [5.74, 6) is 0.555. The number of rotatable bonds is 5. The van der Waals surface area contributed by atoms with Crippen LogP contribution in [0.1, 0.15) is 38.2 Å². The summed E-state index contributed by atoms with van der Waals surface area (Å²) in [6.07, 6.45) is -0.368. The molecule has 3 nitrogen and oxygen atoms in total. The third-order valence-electron chi connectivity index (χ3n) is 4.54. The Balaban J connectivity index is 2.23. The van der Waals surface area contributed by atoms with E-state index in [1.54, 1.807) is 6.07 Å². The summed E-state index contributed by atoms with van der Waals surface area (Å²) in [6.45, 7) is 3.50. The monoisotopic (exact) mass is 330 g/mol. The third kappa shape index (κ3) is 4.53. The van der Waals surface area contributed by atoms with Crippen molar-refractivity contribution in [2.24, 2.45) is 11.7 Å². The molecule has 0 spiro atoms. The number of nitrogens with zero attached hydrogens (tertiary/aromatic N) is 1. The standard InChI is InChI=1S/C17H25F3N2O/c1-3-4-5-12-11-22(7-6-16(12)21)14-8-13(17(18,19)20)9-15(10-14)23-2/h8-10,12,16H,3-7,11,21H2,1-2H3/t12-,16-/m0/s1. The molecule has 1 fully saturated rings. The van der Waals surface area contributed by atoms with E-state index in [2.05, 4.69) is 6.92 Å². The lowest BCUT2D eigenvalue weighted by atomic mass is 9.88. The molecule has 1 aromatic rings. The van der Waals surface area contributed by atoms with Crippen LogP contribution in [0.25, 0.3) is 0 Å². The molecule has 1 aliphatic rings. The molecule has 1 aliphatic heterocycles. The highest BCUT2D eigenvalue weighted by Gasteiger charge is 2.33. The summed E-state index contributed by atoms with van der Waals surface area (Å²) in [6, 6.07) is 4.04. The van der Waals surface area contributed by atoms with Gasteiger partial charge in [-0.1, -0.05) is 19.8 Å². The van der Waals surface area contributed by atoms with Crippen LogP contribution in [0, 0.1) is 5.92 Å². The van der Waals surface area contributed by atoms with Gasteiger partial charge in [0.2, 0.25) is 0 Å². The molecule has 2 atom stereocenters. The van der Waals surface area contributed by atoms with Gasteiger partial charge in [-0.05, 0) is 30.9 Å². The van der Waals surface area contributed by atoms with Crippen molar-refractivity contribution < 1.29 is 17.9 Å². The molecule has 0 amide bonds. The summed E-state index contributed by atoms with van der Waals surface area (Å²) in [7, 11) is 1.38. The van der Waals surface area contributed by atoms with E-state index in [0.29, 0.717) is 24.7 Å². The van der Waals surface area contributed by atoms with Crippen LogP contribution in [-0.2, 0) is 6.18 Å². The second kappa shape index (κ2) is 7.43. The summed E-state index contributed by atoms with van der Waals surface area (Å²) < 4.78 is 44.2. The van der Waals surface area contributed by atoms with Crippen molar-refractivity contribution in [3.05, 3.63) is 23.8 Å². The summed E-state index contributed by atoms with van der Waals surface area (Å²) >= 11 is 0. The lowest BCUT2D eigenvalue weighted by Gasteiger charge is -2.38. The molecule has 0 aliphatic carbocycles. The van der Waals surface area contributed by atoms with Crippen LogP contribution in [0.15, 0.2) is 18.2 Å². The Labute approximate surface area is 135 Å². The first-order chi connectivity index (χ1) is 10.8. The number of benzene rings is 1. The van der Waals surface area contributed by atoms with Gasteiger partial charge in [-0.2, -0.15) is 13.2 Å². The zero-order valence-electron chi connectivity index (χ0n) is 13.7. The molecule has 0 bridgehead atoms. The average Bonchev–Trinajstić information content (AvgIpc) is 2.52. The molecule has 2 rings (SSSR count). The summed E-state index contributed by atoms with van der Waals surface area (Å²) in [4.78, 5) is 2.00. The summed E-state index contributed by atoms with van der Waals surface area (Å²) in [5.41, 5.74) is 6.07. The van der Waals surface area contributed by atoms with Crippen LogP contribution >= 0.6 is 0 Å². The SMILES string of the molecule is CCCC[C@H]1CN(c2cc(OC)cc(C(F)(F)F)c2)CC[C@@H]1N. The second-order valence-corrected chi connectivity index (χ2v) is 6.22. The molecule has 1 saturated heterocycles. The molecule has 1 aromatic carbocycles. The lowest BCUT2D eigenvalue weighted by Crippen LogP contribution is -2.47. The van der Waals surface area contributed by atoms with Crippen molar-refractivity contribution in [1.82, 2.24) is 0 Å². The Bertz CT molecular complexity index is 519. The third-order valence-corrected chi connectivity index (χ3v) is 4.54. The maximum absolute atomic E-state index is 13.1. The van der Waals surface area contributed by atoms with E-state index in [4.69, 9.17) is 10.5 Å². The van der Waals surface area contributed by atoms with Crippen molar-refractivity contribution >= 4 is 5.69 Å². The van der Waals surface area contributed by atoms with E-state index >= 15 is 0 Å². The van der Waals surface area contributed by atoms with Crippen molar-refractivity contribution in [2.45, 2.75) is 44.8 Å². The molecule has 0 saturated carbocycles. The van der Waals surface area contributed by atoms with E-state index < -0.39 is 11.7 Å². The Hall–Kier alpha value is -1.43. The Morgan fingerprint density at radius 1 is 1.30 bits per heavy atom. The molecule has 0 unspecified atom stereocenters. The molecule has 2 N–H and O–H groups in total. The number of nitrogens with two attached hydrogens (primary N) is 1. The van der Waals surface area contributed by atoms with Gasteiger partial charge < -0.3 is 15.4 Å². The topological polar surface area (TPSA) is 38.5 Å². The van der Waals surface area contributed by atoms with E-state index in [9.17, 15) is 13.2 Å². The number of anilines is 1. The Morgan fingerprint density at radius 3 is 2.65 bits per heavy atom. The van der Waals surface area contributed by atoms with Gasteiger partial charge in [0, 0.05) is 30.9 Å². The molecule has 0 aromatic heterocycles. The van der Waals surface area contributed by atoms with Crippen molar-refractivity contribution in [3.63, 3.8) is 0 Å². The van der Waals surface area contributed by atoms with Gasteiger partial charge in [0.15, 0.2) is 0 Å². The van der Waals surface area contributed by atoms with Crippen LogP contribution in [0.3, 0.4) is 0 Å². The van der Waals surface area contributed by atoms with E-state index in [1.165, 1.54) is 13.2 Å². The fourth-order valence-corrected chi connectivity index (χ4v) is 3.10. The van der Waals surface area contributed by atoms with Crippen LogP contribution in [0.2, 0.25) is 0 Å². The maximum atomic E-state index is 13.1. The van der Waals surface area contributed by atoms with Gasteiger partial charge in [-0.25, -0.2) is 0 Å². The normalized spacial score (nSPS) is 22.3. The fourth-order valence-electron chi connectivity index (χ4n) is 3.10. The second-order valence-electron chi connectivity index (χ2n) is 6.22. The zero-order chi connectivity index (χ0) is 17.0. The predicted octanol–water partition coefficient (Wildman–Crippen LogP) is 4.06. The first-order valence-corrected chi connectivity index (χ1v) is 8.12. The summed E-state index contributed by atoms with van der Waals surface area (Å²) in [5, 5.41) is 0. The first kappa shape index (κ1) is 17.9. The van der Waals surface area contributed by atoms with Gasteiger partial charge in [0.25, 0.3) is 0 Å². The van der Waals surface area contributed by atoms with Crippen molar-refractivity contribution in [3.8, 4) is 5.75 Å². The molecular formula is C17H25F3N2O. The smallest absolute Gasteiger partial charge is 0.416 e.